The summed E-state index contributed by atoms with van der Waals surface area (Å²) in [5.41, 5.74) is 9.96. The number of benzene rings is 2. The van der Waals surface area contributed by atoms with Crippen molar-refractivity contribution in [3.05, 3.63) is 41.5 Å². The van der Waals surface area contributed by atoms with Gasteiger partial charge in [-0.15, -0.1) is 0 Å². The van der Waals surface area contributed by atoms with Gasteiger partial charge in [-0.05, 0) is 56.1 Å². The fraction of sp³-hybridized carbons (Fsp3) is 0.333. The highest BCUT2D eigenvalue weighted by molar-refractivity contribution is 7.85. The van der Waals surface area contributed by atoms with Crippen LogP contribution in [0.25, 0.3) is 0 Å². The largest absolute Gasteiger partial charge is 0.496 e. The molecule has 1 aliphatic rings. The number of para-hydroxylation sites is 1. The molecule has 5 heteroatoms. The zero-order valence-corrected chi connectivity index (χ0v) is 14.6. The Balaban J connectivity index is 2.26. The molecule has 1 unspecified atom stereocenters. The minimum absolute atomic E-state index is 0.630. The van der Waals surface area contributed by atoms with Crippen LogP contribution >= 0.6 is 0 Å². The maximum atomic E-state index is 13.1. The summed E-state index contributed by atoms with van der Waals surface area (Å²) in [6.07, 6.45) is 0.880. The van der Waals surface area contributed by atoms with Crippen LogP contribution in [0.15, 0.2) is 40.1 Å². The van der Waals surface area contributed by atoms with Crippen molar-refractivity contribution in [3.8, 4) is 5.75 Å². The number of ether oxygens (including phenoxy) is 1. The first-order chi connectivity index (χ1) is 11.1. The molecule has 2 aromatic rings. The maximum Gasteiger partial charge on any atom is 0.123 e. The highest BCUT2D eigenvalue weighted by atomic mass is 32.2. The zero-order valence-electron chi connectivity index (χ0n) is 13.8. The lowest BCUT2D eigenvalue weighted by Crippen LogP contribution is -2.27. The standard InChI is InChI=1S/C18H22N2O2S/c1-12-13(2)18-17(11-15(12)22-3)23(21)16-8-5-4-7-14(16)20(18)10-6-9-19/h4-5,7-8,11H,6,9-10,19H2,1-3H3. The molecule has 2 aromatic carbocycles. The molecule has 0 bridgehead atoms. The molecule has 2 N–H and O–H groups in total. The Kier molecular flexibility index (Phi) is 4.41. The number of nitrogens with two attached hydrogens (primary N) is 1. The zero-order chi connectivity index (χ0) is 16.6. The van der Waals surface area contributed by atoms with E-state index in [-0.39, 0.29) is 0 Å². The van der Waals surface area contributed by atoms with Gasteiger partial charge in [0.05, 0.1) is 39.1 Å². The molecule has 0 fully saturated rings. The third-order valence-corrected chi connectivity index (χ3v) is 5.87. The number of hydrogen-bond donors (Lipinski definition) is 1. The van der Waals surface area contributed by atoms with Crippen molar-refractivity contribution >= 4 is 22.2 Å². The second kappa shape index (κ2) is 6.34. The van der Waals surface area contributed by atoms with E-state index in [1.165, 1.54) is 0 Å². The van der Waals surface area contributed by atoms with Crippen LogP contribution in [-0.4, -0.2) is 24.4 Å². The van der Waals surface area contributed by atoms with Crippen LogP contribution in [0.4, 0.5) is 11.4 Å². The van der Waals surface area contributed by atoms with E-state index < -0.39 is 10.8 Å². The molecule has 122 valence electrons. The smallest absolute Gasteiger partial charge is 0.123 e. The molecule has 0 aromatic heterocycles. The molecule has 23 heavy (non-hydrogen) atoms. The Labute approximate surface area is 139 Å². The van der Waals surface area contributed by atoms with Gasteiger partial charge >= 0.3 is 0 Å². The molecule has 0 aliphatic carbocycles. The molecule has 0 spiro atoms. The molecule has 0 amide bonds. The molecule has 1 atom stereocenters. The summed E-state index contributed by atoms with van der Waals surface area (Å²) in [6, 6.07) is 9.81. The minimum atomic E-state index is -1.20. The van der Waals surface area contributed by atoms with E-state index in [4.69, 9.17) is 10.5 Å². The Morgan fingerprint density at radius 2 is 1.91 bits per heavy atom. The molecule has 0 saturated carbocycles. The van der Waals surface area contributed by atoms with Crippen LogP contribution in [0.3, 0.4) is 0 Å². The summed E-state index contributed by atoms with van der Waals surface area (Å²) in [7, 11) is 0.453. The fourth-order valence-corrected chi connectivity index (χ4v) is 4.55. The van der Waals surface area contributed by atoms with Crippen LogP contribution in [0.5, 0.6) is 5.75 Å². The summed E-state index contributed by atoms with van der Waals surface area (Å²) in [5.74, 6) is 0.785. The summed E-state index contributed by atoms with van der Waals surface area (Å²) in [4.78, 5) is 3.92. The Morgan fingerprint density at radius 1 is 1.17 bits per heavy atom. The Hall–Kier alpha value is -1.85. The third kappa shape index (κ3) is 2.54. The summed E-state index contributed by atoms with van der Waals surface area (Å²) in [6.45, 7) is 5.55. The predicted octanol–water partition coefficient (Wildman–Crippen LogP) is 3.28. The van der Waals surface area contributed by atoms with Crippen LogP contribution in [0.2, 0.25) is 0 Å². The van der Waals surface area contributed by atoms with Gasteiger partial charge in [0.25, 0.3) is 0 Å². The van der Waals surface area contributed by atoms with Gasteiger partial charge in [0.15, 0.2) is 0 Å². The number of rotatable bonds is 4. The van der Waals surface area contributed by atoms with Crippen molar-refractivity contribution in [2.45, 2.75) is 30.1 Å². The minimum Gasteiger partial charge on any atom is -0.496 e. The lowest BCUT2D eigenvalue weighted by Gasteiger charge is -2.35. The van der Waals surface area contributed by atoms with E-state index in [2.05, 4.69) is 11.8 Å². The summed E-state index contributed by atoms with van der Waals surface area (Å²) in [5, 5.41) is 0. The van der Waals surface area contributed by atoms with Gasteiger partial charge in [-0.25, -0.2) is 4.21 Å². The fourth-order valence-electron chi connectivity index (χ4n) is 3.09. The third-order valence-electron chi connectivity index (χ3n) is 4.41. The van der Waals surface area contributed by atoms with Crippen LogP contribution < -0.4 is 15.4 Å². The number of nitrogens with zero attached hydrogens (tertiary/aromatic N) is 1. The molecule has 0 saturated heterocycles. The number of fused-ring (bicyclic) bond motifs is 2. The van der Waals surface area contributed by atoms with Crippen molar-refractivity contribution < 1.29 is 8.95 Å². The molecule has 1 aliphatic heterocycles. The second-order valence-corrected chi connectivity index (χ2v) is 7.12. The molecule has 0 radical (unpaired) electrons. The quantitative estimate of drug-likeness (QED) is 0.935. The lowest BCUT2D eigenvalue weighted by atomic mass is 10.0. The number of methoxy groups -OCH3 is 1. The van der Waals surface area contributed by atoms with Gasteiger partial charge in [0, 0.05) is 6.54 Å². The SMILES string of the molecule is COc1cc2c(c(C)c1C)N(CCCN)c1ccccc1S2=O. The van der Waals surface area contributed by atoms with Crippen LogP contribution in [-0.2, 0) is 10.8 Å². The average Bonchev–Trinajstić information content (AvgIpc) is 2.58. The van der Waals surface area contributed by atoms with Crippen molar-refractivity contribution in [1.29, 1.82) is 0 Å². The van der Waals surface area contributed by atoms with Crippen LogP contribution in [0.1, 0.15) is 17.5 Å². The lowest BCUT2D eigenvalue weighted by molar-refractivity contribution is 0.410. The van der Waals surface area contributed by atoms with Crippen molar-refractivity contribution in [1.82, 2.24) is 0 Å². The molecule has 1 heterocycles. The first-order valence-electron chi connectivity index (χ1n) is 7.76. The van der Waals surface area contributed by atoms with E-state index in [1.54, 1.807) is 7.11 Å². The monoisotopic (exact) mass is 330 g/mol. The predicted molar refractivity (Wildman–Crippen MR) is 94.3 cm³/mol. The van der Waals surface area contributed by atoms with Crippen molar-refractivity contribution in [2.24, 2.45) is 5.73 Å². The first-order valence-corrected chi connectivity index (χ1v) is 8.91. The van der Waals surface area contributed by atoms with Gasteiger partial charge in [-0.2, -0.15) is 0 Å². The van der Waals surface area contributed by atoms with E-state index in [0.29, 0.717) is 6.54 Å². The average molecular weight is 330 g/mol. The normalized spacial score (nSPS) is 16.0. The molecule has 3 rings (SSSR count). The van der Waals surface area contributed by atoms with Crippen LogP contribution in [0, 0.1) is 13.8 Å². The van der Waals surface area contributed by atoms with E-state index in [0.717, 1.165) is 51.0 Å². The van der Waals surface area contributed by atoms with Gasteiger partial charge in [0.2, 0.25) is 0 Å². The van der Waals surface area contributed by atoms with E-state index in [9.17, 15) is 4.21 Å². The number of anilines is 2. The summed E-state index contributed by atoms with van der Waals surface area (Å²) < 4.78 is 18.5. The Bertz CT molecular complexity index is 774. The van der Waals surface area contributed by atoms with Gasteiger partial charge in [-0.3, -0.25) is 0 Å². The highest BCUT2D eigenvalue weighted by Gasteiger charge is 2.30. The van der Waals surface area contributed by atoms with Gasteiger partial charge < -0.3 is 15.4 Å². The van der Waals surface area contributed by atoms with Crippen molar-refractivity contribution in [2.75, 3.05) is 25.1 Å². The Morgan fingerprint density at radius 3 is 2.61 bits per heavy atom. The van der Waals surface area contributed by atoms with E-state index >= 15 is 0 Å². The van der Waals surface area contributed by atoms with Gasteiger partial charge in [-0.1, -0.05) is 12.1 Å². The van der Waals surface area contributed by atoms with Gasteiger partial charge in [0.1, 0.15) is 5.75 Å². The maximum absolute atomic E-state index is 13.1. The highest BCUT2D eigenvalue weighted by Crippen LogP contribution is 2.46. The van der Waals surface area contributed by atoms with E-state index in [1.807, 2.05) is 37.3 Å². The first kappa shape index (κ1) is 16.0. The second-order valence-electron chi connectivity index (χ2n) is 5.71. The molecular weight excluding hydrogens is 308 g/mol. The molecule has 4 nitrogen and oxygen atoms in total. The molecular formula is C18H22N2O2S. The topological polar surface area (TPSA) is 55.6 Å². The summed E-state index contributed by atoms with van der Waals surface area (Å²) >= 11 is 0. The number of hydrogen-bond acceptors (Lipinski definition) is 4. The van der Waals surface area contributed by atoms with Crippen molar-refractivity contribution in [3.63, 3.8) is 0 Å².